The molecule has 1 rings (SSSR count). The lowest BCUT2D eigenvalue weighted by atomic mass is 10.2. The summed E-state index contributed by atoms with van der Waals surface area (Å²) in [4.78, 5) is 13.8. The third-order valence-electron chi connectivity index (χ3n) is 1.97. The first-order chi connectivity index (χ1) is 8.21. The summed E-state index contributed by atoms with van der Waals surface area (Å²) in [6, 6.07) is 6.93. The fourth-order valence-corrected chi connectivity index (χ4v) is 1.14. The van der Waals surface area contributed by atoms with Crippen molar-refractivity contribution in [3.8, 4) is 5.75 Å². The molecule has 0 N–H and O–H groups in total. The Bertz CT molecular complexity index is 473. The third kappa shape index (κ3) is 3.55. The summed E-state index contributed by atoms with van der Waals surface area (Å²) < 4.78 is 9.48. The largest absolute Gasteiger partial charge is 0.497 e. The van der Waals surface area contributed by atoms with Crippen LogP contribution in [0.3, 0.4) is 0 Å². The SMILES string of the molecule is COC(=O)/C(=C\c1ccc(OC)cc1)N=[N+]=[N-]. The maximum Gasteiger partial charge on any atom is 0.340 e. The number of benzene rings is 1. The van der Waals surface area contributed by atoms with Crippen molar-refractivity contribution in [3.05, 3.63) is 46.0 Å². The Hall–Kier alpha value is -2.46. The summed E-state index contributed by atoms with van der Waals surface area (Å²) in [5.74, 6) is 0.0178. The molecule has 6 heteroatoms. The zero-order valence-corrected chi connectivity index (χ0v) is 9.45. The van der Waals surface area contributed by atoms with Crippen LogP contribution in [0.4, 0.5) is 0 Å². The van der Waals surface area contributed by atoms with Crippen LogP contribution in [0.25, 0.3) is 16.5 Å². The van der Waals surface area contributed by atoms with Crippen molar-refractivity contribution in [2.24, 2.45) is 5.11 Å². The molecule has 0 unspecified atom stereocenters. The van der Waals surface area contributed by atoms with E-state index in [1.54, 1.807) is 31.4 Å². The molecule has 0 radical (unpaired) electrons. The normalized spacial score (nSPS) is 10.4. The van der Waals surface area contributed by atoms with E-state index in [4.69, 9.17) is 10.3 Å². The summed E-state index contributed by atoms with van der Waals surface area (Å²) in [5.41, 5.74) is 8.94. The van der Waals surface area contributed by atoms with Crippen LogP contribution in [0.1, 0.15) is 5.56 Å². The van der Waals surface area contributed by atoms with E-state index in [-0.39, 0.29) is 5.70 Å². The molecule has 0 aliphatic carbocycles. The molecule has 0 atom stereocenters. The standard InChI is InChI=1S/C11H11N3O3/c1-16-9-5-3-8(4-6-9)7-10(13-14-12)11(15)17-2/h3-7H,1-2H3/b10-7+. The van der Waals surface area contributed by atoms with Gasteiger partial charge >= 0.3 is 5.97 Å². The van der Waals surface area contributed by atoms with Crippen LogP contribution < -0.4 is 4.74 Å². The molecule has 0 amide bonds. The van der Waals surface area contributed by atoms with Crippen LogP contribution in [0, 0.1) is 0 Å². The second-order valence-corrected chi connectivity index (χ2v) is 2.98. The zero-order valence-electron chi connectivity index (χ0n) is 9.45. The molecular formula is C11H11N3O3. The van der Waals surface area contributed by atoms with Gasteiger partial charge < -0.3 is 9.47 Å². The first-order valence-corrected chi connectivity index (χ1v) is 4.70. The smallest absolute Gasteiger partial charge is 0.340 e. The Morgan fingerprint density at radius 1 is 1.35 bits per heavy atom. The highest BCUT2D eigenvalue weighted by Crippen LogP contribution is 2.15. The fraction of sp³-hybridized carbons (Fsp3) is 0.182. The van der Waals surface area contributed by atoms with E-state index in [2.05, 4.69) is 14.8 Å². The summed E-state index contributed by atoms with van der Waals surface area (Å²) in [5, 5.41) is 3.27. The highest BCUT2D eigenvalue weighted by atomic mass is 16.5. The molecule has 0 aromatic heterocycles. The van der Waals surface area contributed by atoms with E-state index in [0.717, 1.165) is 0 Å². The predicted octanol–water partition coefficient (Wildman–Crippen LogP) is 2.52. The lowest BCUT2D eigenvalue weighted by molar-refractivity contribution is -0.136. The van der Waals surface area contributed by atoms with E-state index in [0.29, 0.717) is 11.3 Å². The Morgan fingerprint density at radius 2 is 2.00 bits per heavy atom. The number of rotatable bonds is 4. The number of carbonyl (C=O) groups excluding carboxylic acids is 1. The second-order valence-electron chi connectivity index (χ2n) is 2.98. The molecule has 0 spiro atoms. The molecule has 1 aromatic rings. The van der Waals surface area contributed by atoms with Gasteiger partial charge in [0.25, 0.3) is 0 Å². The second kappa shape index (κ2) is 6.19. The van der Waals surface area contributed by atoms with Gasteiger partial charge in [0.2, 0.25) is 0 Å². The molecule has 17 heavy (non-hydrogen) atoms. The van der Waals surface area contributed by atoms with Gasteiger partial charge in [0, 0.05) is 4.91 Å². The average Bonchev–Trinajstić information content (AvgIpc) is 2.38. The van der Waals surface area contributed by atoms with E-state index in [1.807, 2.05) is 0 Å². The molecular weight excluding hydrogens is 222 g/mol. The summed E-state index contributed by atoms with van der Waals surface area (Å²) in [6.45, 7) is 0. The van der Waals surface area contributed by atoms with Gasteiger partial charge in [-0.25, -0.2) is 4.79 Å². The van der Waals surface area contributed by atoms with Gasteiger partial charge in [-0.15, -0.1) is 0 Å². The van der Waals surface area contributed by atoms with Gasteiger partial charge in [-0.3, -0.25) is 0 Å². The molecule has 0 saturated carbocycles. The van der Waals surface area contributed by atoms with Gasteiger partial charge in [-0.05, 0) is 29.3 Å². The van der Waals surface area contributed by atoms with Gasteiger partial charge in [-0.1, -0.05) is 17.2 Å². The first-order valence-electron chi connectivity index (χ1n) is 4.70. The van der Waals surface area contributed by atoms with Crippen molar-refractivity contribution in [2.45, 2.75) is 0 Å². The van der Waals surface area contributed by atoms with Crippen molar-refractivity contribution in [1.82, 2.24) is 0 Å². The Labute approximate surface area is 98.1 Å². The molecule has 0 saturated heterocycles. The average molecular weight is 233 g/mol. The third-order valence-corrected chi connectivity index (χ3v) is 1.97. The van der Waals surface area contributed by atoms with Crippen LogP contribution in [0.5, 0.6) is 5.75 Å². The maximum absolute atomic E-state index is 11.2. The van der Waals surface area contributed by atoms with Crippen LogP contribution in [-0.4, -0.2) is 20.2 Å². The Kier molecular flexibility index (Phi) is 4.59. The molecule has 0 fully saturated rings. The zero-order chi connectivity index (χ0) is 12.7. The molecule has 6 nitrogen and oxygen atoms in total. The van der Waals surface area contributed by atoms with Crippen molar-refractivity contribution in [2.75, 3.05) is 14.2 Å². The van der Waals surface area contributed by atoms with E-state index < -0.39 is 5.97 Å². The van der Waals surface area contributed by atoms with E-state index in [1.165, 1.54) is 13.2 Å². The number of nitrogens with zero attached hydrogens (tertiary/aromatic N) is 3. The number of methoxy groups -OCH3 is 2. The van der Waals surface area contributed by atoms with Crippen molar-refractivity contribution in [1.29, 1.82) is 0 Å². The summed E-state index contributed by atoms with van der Waals surface area (Å²) in [6.07, 6.45) is 1.44. The molecule has 0 bridgehead atoms. The van der Waals surface area contributed by atoms with Crippen LogP contribution in [0.2, 0.25) is 0 Å². The van der Waals surface area contributed by atoms with Crippen LogP contribution in [-0.2, 0) is 9.53 Å². The molecule has 0 aliphatic heterocycles. The lowest BCUT2D eigenvalue weighted by Gasteiger charge is -2.01. The van der Waals surface area contributed by atoms with Crippen molar-refractivity contribution >= 4 is 12.0 Å². The number of azide groups is 1. The van der Waals surface area contributed by atoms with Crippen molar-refractivity contribution < 1.29 is 14.3 Å². The van der Waals surface area contributed by atoms with Gasteiger partial charge in [-0.2, -0.15) is 0 Å². The van der Waals surface area contributed by atoms with Gasteiger partial charge in [0.1, 0.15) is 11.4 Å². The van der Waals surface area contributed by atoms with E-state index >= 15 is 0 Å². The minimum absolute atomic E-state index is 0.0971. The number of hydrogen-bond acceptors (Lipinski definition) is 4. The molecule has 1 aromatic carbocycles. The quantitative estimate of drug-likeness (QED) is 0.263. The highest BCUT2D eigenvalue weighted by Gasteiger charge is 2.06. The van der Waals surface area contributed by atoms with Crippen LogP contribution >= 0.6 is 0 Å². The number of ether oxygens (including phenoxy) is 2. The molecule has 88 valence electrons. The topological polar surface area (TPSA) is 84.3 Å². The van der Waals surface area contributed by atoms with Gasteiger partial charge in [0.15, 0.2) is 0 Å². The van der Waals surface area contributed by atoms with Crippen molar-refractivity contribution in [3.63, 3.8) is 0 Å². The first kappa shape index (κ1) is 12.6. The number of carbonyl (C=O) groups is 1. The summed E-state index contributed by atoms with van der Waals surface area (Å²) in [7, 11) is 2.78. The van der Waals surface area contributed by atoms with Gasteiger partial charge in [0.05, 0.1) is 14.2 Å². The minimum atomic E-state index is -0.682. The monoisotopic (exact) mass is 233 g/mol. The Morgan fingerprint density at radius 3 is 2.47 bits per heavy atom. The van der Waals surface area contributed by atoms with E-state index in [9.17, 15) is 4.79 Å². The lowest BCUT2D eigenvalue weighted by Crippen LogP contribution is -2.01. The molecule has 0 aliphatic rings. The highest BCUT2D eigenvalue weighted by molar-refractivity contribution is 5.93. The predicted molar refractivity (Wildman–Crippen MR) is 62.1 cm³/mol. The number of hydrogen-bond donors (Lipinski definition) is 0. The maximum atomic E-state index is 11.2. The number of esters is 1. The molecule has 0 heterocycles. The minimum Gasteiger partial charge on any atom is -0.497 e. The van der Waals surface area contributed by atoms with Crippen LogP contribution in [0.15, 0.2) is 35.1 Å². The fourth-order valence-electron chi connectivity index (χ4n) is 1.14. The Balaban J connectivity index is 3.03. The summed E-state index contributed by atoms with van der Waals surface area (Å²) >= 11 is 0.